The van der Waals surface area contributed by atoms with Crippen LogP contribution < -0.4 is 22.9 Å². The number of hydrogen-bond donors (Lipinski definition) is 4. The van der Waals surface area contributed by atoms with E-state index in [1.54, 1.807) is 0 Å². The van der Waals surface area contributed by atoms with Crippen LogP contribution in [0.1, 0.15) is 44.9 Å². The molecule has 0 fully saturated rings. The Morgan fingerprint density at radius 3 is 1.45 bits per heavy atom. The molecule has 0 aliphatic rings. The highest BCUT2D eigenvalue weighted by molar-refractivity contribution is 4.72. The van der Waals surface area contributed by atoms with Crippen molar-refractivity contribution in [3.63, 3.8) is 0 Å². The molecule has 8 N–H and O–H groups in total. The maximum atomic E-state index is 6.03. The van der Waals surface area contributed by atoms with Gasteiger partial charge in [0.25, 0.3) is 0 Å². The number of rotatable bonds is 15. The lowest BCUT2D eigenvalue weighted by atomic mass is 10.0. The van der Waals surface area contributed by atoms with Gasteiger partial charge in [0.05, 0.1) is 13.2 Å². The zero-order chi connectivity index (χ0) is 15.1. The Hall–Kier alpha value is -0.240. The quantitative estimate of drug-likeness (QED) is 0.254. The molecule has 0 heterocycles. The van der Waals surface area contributed by atoms with E-state index in [0.29, 0.717) is 39.4 Å². The van der Waals surface area contributed by atoms with Crippen LogP contribution in [0, 0.1) is 0 Å². The summed E-state index contributed by atoms with van der Waals surface area (Å²) in [5.74, 6) is -0.543. The van der Waals surface area contributed by atoms with Crippen LogP contribution in [0.2, 0.25) is 0 Å². The van der Waals surface area contributed by atoms with Crippen molar-refractivity contribution in [2.75, 3.05) is 39.4 Å². The van der Waals surface area contributed by atoms with Crippen molar-refractivity contribution in [2.45, 2.75) is 50.7 Å². The van der Waals surface area contributed by atoms with Gasteiger partial charge in [0.15, 0.2) is 5.79 Å². The smallest absolute Gasteiger partial charge is 0.168 e. The lowest BCUT2D eigenvalue weighted by molar-refractivity contribution is -0.246. The van der Waals surface area contributed by atoms with Gasteiger partial charge in [-0.2, -0.15) is 0 Å². The van der Waals surface area contributed by atoms with Crippen LogP contribution in [0.5, 0.6) is 0 Å². The second-order valence-corrected chi connectivity index (χ2v) is 5.03. The molecule has 0 saturated heterocycles. The van der Waals surface area contributed by atoms with Crippen molar-refractivity contribution in [3.05, 3.63) is 0 Å². The summed E-state index contributed by atoms with van der Waals surface area (Å²) >= 11 is 0. The molecule has 0 saturated carbocycles. The summed E-state index contributed by atoms with van der Waals surface area (Å²) in [5, 5.41) is 0. The molecule has 6 heteroatoms. The number of unbranched alkanes of at least 4 members (excludes halogenated alkanes) is 1. The summed E-state index contributed by atoms with van der Waals surface area (Å²) in [5.41, 5.74) is 22.3. The Morgan fingerprint density at radius 2 is 1.00 bits per heavy atom. The van der Waals surface area contributed by atoms with Gasteiger partial charge in [0.2, 0.25) is 0 Å². The highest BCUT2D eigenvalue weighted by Gasteiger charge is 2.30. The van der Waals surface area contributed by atoms with E-state index in [1.165, 1.54) is 0 Å². The molecule has 6 nitrogen and oxygen atoms in total. The van der Waals surface area contributed by atoms with Crippen LogP contribution in [0.25, 0.3) is 0 Å². The largest absolute Gasteiger partial charge is 0.350 e. The summed E-state index contributed by atoms with van der Waals surface area (Å²) in [6.07, 6.45) is 6.18. The molecular formula is C14H34N4O2. The monoisotopic (exact) mass is 290 g/mol. The molecule has 0 radical (unpaired) electrons. The predicted octanol–water partition coefficient (Wildman–Crippen LogP) is 0.281. The van der Waals surface area contributed by atoms with Crippen molar-refractivity contribution < 1.29 is 9.47 Å². The van der Waals surface area contributed by atoms with Crippen LogP contribution in [-0.4, -0.2) is 45.2 Å². The molecule has 0 aromatic carbocycles. The fourth-order valence-corrected chi connectivity index (χ4v) is 2.05. The van der Waals surface area contributed by atoms with Gasteiger partial charge in [-0.05, 0) is 58.3 Å². The Morgan fingerprint density at radius 1 is 0.550 bits per heavy atom. The van der Waals surface area contributed by atoms with Crippen molar-refractivity contribution in [2.24, 2.45) is 22.9 Å². The van der Waals surface area contributed by atoms with Gasteiger partial charge in [-0.3, -0.25) is 0 Å². The van der Waals surface area contributed by atoms with Gasteiger partial charge in [-0.25, -0.2) is 0 Å². The van der Waals surface area contributed by atoms with E-state index in [1.807, 2.05) is 0 Å². The lowest BCUT2D eigenvalue weighted by Gasteiger charge is -2.34. The third-order valence-electron chi connectivity index (χ3n) is 3.20. The standard InChI is InChI=1S/C14H34N4O2/c15-8-2-1-6-14(7-3-9-16,19-12-4-10-17)20-13-5-11-18/h1-13,15-18H2. The lowest BCUT2D eigenvalue weighted by Crippen LogP contribution is -2.38. The maximum Gasteiger partial charge on any atom is 0.168 e. The van der Waals surface area contributed by atoms with Gasteiger partial charge in [0.1, 0.15) is 0 Å². The van der Waals surface area contributed by atoms with Gasteiger partial charge in [0, 0.05) is 12.8 Å². The van der Waals surface area contributed by atoms with Crippen LogP contribution >= 0.6 is 0 Å². The third kappa shape index (κ3) is 9.63. The first-order valence-electron chi connectivity index (χ1n) is 7.83. The fourth-order valence-electron chi connectivity index (χ4n) is 2.05. The number of hydrogen-bond acceptors (Lipinski definition) is 6. The highest BCUT2D eigenvalue weighted by atomic mass is 16.7. The molecule has 0 amide bonds. The van der Waals surface area contributed by atoms with E-state index in [2.05, 4.69) is 0 Å². The van der Waals surface area contributed by atoms with E-state index in [9.17, 15) is 0 Å². The molecule has 0 spiro atoms. The van der Waals surface area contributed by atoms with Crippen molar-refractivity contribution in [1.82, 2.24) is 0 Å². The van der Waals surface area contributed by atoms with Gasteiger partial charge < -0.3 is 32.4 Å². The molecule has 122 valence electrons. The molecule has 0 unspecified atom stereocenters. The summed E-state index contributed by atoms with van der Waals surface area (Å²) < 4.78 is 12.1. The molecule has 0 aliphatic heterocycles. The van der Waals surface area contributed by atoms with Crippen molar-refractivity contribution in [3.8, 4) is 0 Å². The first kappa shape index (κ1) is 19.8. The molecule has 0 aliphatic carbocycles. The van der Waals surface area contributed by atoms with Crippen molar-refractivity contribution in [1.29, 1.82) is 0 Å². The number of ether oxygens (including phenoxy) is 2. The zero-order valence-corrected chi connectivity index (χ0v) is 12.8. The minimum Gasteiger partial charge on any atom is -0.350 e. The molecule has 0 rings (SSSR count). The molecule has 0 aromatic heterocycles. The Kier molecular flexibility index (Phi) is 13.6. The number of nitrogens with two attached hydrogens (primary N) is 4. The highest BCUT2D eigenvalue weighted by Crippen LogP contribution is 2.27. The Labute approximate surface area is 123 Å². The minimum atomic E-state index is -0.543. The van der Waals surface area contributed by atoms with Crippen LogP contribution in [-0.2, 0) is 9.47 Å². The van der Waals surface area contributed by atoms with E-state index in [0.717, 1.165) is 44.9 Å². The first-order valence-corrected chi connectivity index (χ1v) is 7.83. The van der Waals surface area contributed by atoms with E-state index in [4.69, 9.17) is 32.4 Å². The Balaban J connectivity index is 4.48. The molecule has 0 aromatic rings. The molecule has 20 heavy (non-hydrogen) atoms. The summed E-state index contributed by atoms with van der Waals surface area (Å²) in [6, 6.07) is 0. The fraction of sp³-hybridized carbons (Fsp3) is 1.00. The second kappa shape index (κ2) is 13.7. The minimum absolute atomic E-state index is 0.543. The van der Waals surface area contributed by atoms with Crippen molar-refractivity contribution >= 4 is 0 Å². The van der Waals surface area contributed by atoms with Gasteiger partial charge in [-0.1, -0.05) is 0 Å². The maximum absolute atomic E-state index is 6.03. The zero-order valence-electron chi connectivity index (χ0n) is 12.8. The summed E-state index contributed by atoms with van der Waals surface area (Å²) in [7, 11) is 0. The van der Waals surface area contributed by atoms with Gasteiger partial charge in [-0.15, -0.1) is 0 Å². The van der Waals surface area contributed by atoms with Crippen LogP contribution in [0.15, 0.2) is 0 Å². The topological polar surface area (TPSA) is 123 Å². The van der Waals surface area contributed by atoms with Crippen LogP contribution in [0.3, 0.4) is 0 Å². The average molecular weight is 290 g/mol. The Bertz CT molecular complexity index is 179. The molecule has 0 bridgehead atoms. The van der Waals surface area contributed by atoms with E-state index < -0.39 is 5.79 Å². The average Bonchev–Trinajstić information content (AvgIpc) is 2.46. The first-order chi connectivity index (χ1) is 9.74. The summed E-state index contributed by atoms with van der Waals surface area (Å²) in [4.78, 5) is 0. The SMILES string of the molecule is NCCCCC(CCCN)(OCCCN)OCCCN. The van der Waals surface area contributed by atoms with Crippen LogP contribution in [0.4, 0.5) is 0 Å². The normalized spacial score (nSPS) is 12.0. The van der Waals surface area contributed by atoms with Gasteiger partial charge >= 0.3 is 0 Å². The third-order valence-corrected chi connectivity index (χ3v) is 3.20. The second-order valence-electron chi connectivity index (χ2n) is 5.03. The molecule has 0 atom stereocenters. The predicted molar refractivity (Wildman–Crippen MR) is 83.2 cm³/mol. The summed E-state index contributed by atoms with van der Waals surface area (Å²) in [6.45, 7) is 3.81. The van der Waals surface area contributed by atoms with E-state index in [-0.39, 0.29) is 0 Å². The molecular weight excluding hydrogens is 256 g/mol. The van der Waals surface area contributed by atoms with E-state index >= 15 is 0 Å².